The molecule has 2 saturated heterocycles. The highest BCUT2D eigenvalue weighted by Gasteiger charge is 2.55. The Kier molecular flexibility index (Phi) is 9.77. The number of carbonyl (C=O) groups excluding carboxylic acids is 5. The van der Waals surface area contributed by atoms with Crippen molar-refractivity contribution >= 4 is 29.8 Å². The van der Waals surface area contributed by atoms with Gasteiger partial charge in [-0.3, -0.25) is 24.0 Å². The fraction of sp³-hybridized carbons (Fsp3) is 0.531. The Morgan fingerprint density at radius 3 is 2.21 bits per heavy atom. The van der Waals surface area contributed by atoms with Gasteiger partial charge in [0.15, 0.2) is 29.8 Å². The van der Waals surface area contributed by atoms with E-state index in [1.807, 2.05) is 0 Å². The first-order valence-electron chi connectivity index (χ1n) is 15.1. The molecule has 0 radical (unpaired) electrons. The van der Waals surface area contributed by atoms with E-state index >= 15 is 0 Å². The number of phenols is 2. The van der Waals surface area contributed by atoms with Crippen LogP contribution in [0.25, 0.3) is 0 Å². The van der Waals surface area contributed by atoms with Crippen LogP contribution in [0.15, 0.2) is 36.6 Å². The number of ether oxygens (including phenoxy) is 7. The van der Waals surface area contributed by atoms with Crippen molar-refractivity contribution in [1.82, 2.24) is 4.90 Å². The van der Waals surface area contributed by atoms with Crippen molar-refractivity contribution in [2.75, 3.05) is 13.2 Å². The Morgan fingerprint density at radius 1 is 0.936 bits per heavy atom. The molecule has 1 aromatic carbocycles. The second kappa shape index (κ2) is 13.6. The first kappa shape index (κ1) is 33.7. The van der Waals surface area contributed by atoms with Gasteiger partial charge >= 0.3 is 23.9 Å². The summed E-state index contributed by atoms with van der Waals surface area (Å²) in [6.07, 6.45) is -4.43. The van der Waals surface area contributed by atoms with Gasteiger partial charge in [-0.15, -0.1) is 6.58 Å². The minimum Gasteiger partial charge on any atom is -0.504 e. The summed E-state index contributed by atoms with van der Waals surface area (Å²) in [5, 5.41) is 20.3. The maximum absolute atomic E-state index is 13.7. The molecule has 47 heavy (non-hydrogen) atoms. The highest BCUT2D eigenvalue weighted by Crippen LogP contribution is 2.49. The van der Waals surface area contributed by atoms with Gasteiger partial charge in [-0.2, -0.15) is 0 Å². The number of fused-ring (bicyclic) bond motifs is 4. The number of piperidine rings is 1. The molecule has 4 aliphatic rings. The maximum Gasteiger partial charge on any atom is 0.303 e. The Labute approximate surface area is 269 Å². The van der Waals surface area contributed by atoms with Crippen LogP contribution in [-0.4, -0.2) is 95.0 Å². The van der Waals surface area contributed by atoms with E-state index < -0.39 is 85.4 Å². The highest BCUT2D eigenvalue weighted by atomic mass is 16.8. The van der Waals surface area contributed by atoms with Gasteiger partial charge in [-0.1, -0.05) is 6.08 Å². The predicted octanol–water partition coefficient (Wildman–Crippen LogP) is 1.69. The average Bonchev–Trinajstić information content (AvgIpc) is 2.99. The van der Waals surface area contributed by atoms with Crippen molar-refractivity contribution in [3.63, 3.8) is 0 Å². The largest absolute Gasteiger partial charge is 0.504 e. The van der Waals surface area contributed by atoms with E-state index in [9.17, 15) is 34.2 Å². The molecule has 5 rings (SSSR count). The lowest BCUT2D eigenvalue weighted by Gasteiger charge is -2.49. The number of nitrogens with zero attached hydrogens (tertiary/aromatic N) is 1. The molecule has 0 bridgehead atoms. The number of hydrogen-bond donors (Lipinski definition) is 2. The SMILES string of the molecule is C=C[C@H]1[C@H](O[C@@H]2O[C@H](COC(C)=O)[C@@H](OC(C)=O)[C@H](OC(C)=O)[C@H]2OC(C)=O)OC=C2C(=O)N3CCc4cc(O)c(O)cc4[C@@H]3C[C@H]21. The van der Waals surface area contributed by atoms with Gasteiger partial charge in [0.25, 0.3) is 5.91 Å². The summed E-state index contributed by atoms with van der Waals surface area (Å²) in [5.74, 6) is -4.96. The van der Waals surface area contributed by atoms with Crippen molar-refractivity contribution in [3.05, 3.63) is 47.7 Å². The molecule has 0 unspecified atom stereocenters. The summed E-state index contributed by atoms with van der Waals surface area (Å²) in [7, 11) is 0. The van der Waals surface area contributed by atoms with Gasteiger partial charge in [0, 0.05) is 46.1 Å². The molecule has 0 aliphatic carbocycles. The number of benzene rings is 1. The van der Waals surface area contributed by atoms with Crippen LogP contribution >= 0.6 is 0 Å². The zero-order valence-corrected chi connectivity index (χ0v) is 26.3. The highest BCUT2D eigenvalue weighted by molar-refractivity contribution is 5.95. The smallest absolute Gasteiger partial charge is 0.303 e. The quantitative estimate of drug-likeness (QED) is 0.177. The molecular formula is C32H37NO14. The monoisotopic (exact) mass is 659 g/mol. The molecule has 2 N–H and O–H groups in total. The minimum atomic E-state index is -1.51. The topological polar surface area (TPSA) is 194 Å². The average molecular weight is 660 g/mol. The number of phenolic OH excluding ortho intramolecular Hbond substituents is 2. The second-order valence-corrected chi connectivity index (χ2v) is 11.7. The van der Waals surface area contributed by atoms with Crippen molar-refractivity contribution in [1.29, 1.82) is 0 Å². The molecule has 1 aromatic rings. The van der Waals surface area contributed by atoms with Gasteiger partial charge in [-0.05, 0) is 36.1 Å². The number of aromatic hydroxyl groups is 2. The molecule has 4 aliphatic heterocycles. The Hall–Kier alpha value is -4.63. The number of hydrogen-bond acceptors (Lipinski definition) is 14. The predicted molar refractivity (Wildman–Crippen MR) is 156 cm³/mol. The molecule has 9 atom stereocenters. The van der Waals surface area contributed by atoms with Crippen molar-refractivity contribution in [3.8, 4) is 11.5 Å². The lowest BCUT2D eigenvalue weighted by molar-refractivity contribution is -0.342. The Bertz CT molecular complexity index is 1490. The molecular weight excluding hydrogens is 622 g/mol. The minimum absolute atomic E-state index is 0.242. The van der Waals surface area contributed by atoms with Crippen molar-refractivity contribution < 1.29 is 67.3 Å². The number of amides is 1. The van der Waals surface area contributed by atoms with Crippen LogP contribution in [0, 0.1) is 11.8 Å². The lowest BCUT2D eigenvalue weighted by Crippen LogP contribution is -2.63. The third-order valence-electron chi connectivity index (χ3n) is 8.57. The summed E-state index contributed by atoms with van der Waals surface area (Å²) in [4.78, 5) is 63.6. The van der Waals surface area contributed by atoms with Crippen LogP contribution in [0.3, 0.4) is 0 Å². The number of rotatable bonds is 8. The summed E-state index contributed by atoms with van der Waals surface area (Å²) in [6, 6.07) is 2.55. The van der Waals surface area contributed by atoms with E-state index in [0.717, 1.165) is 26.3 Å². The molecule has 0 aromatic heterocycles. The van der Waals surface area contributed by atoms with Crippen molar-refractivity contribution in [2.45, 2.75) is 83.6 Å². The van der Waals surface area contributed by atoms with Crippen LogP contribution in [0.4, 0.5) is 0 Å². The van der Waals surface area contributed by atoms with E-state index in [1.165, 1.54) is 25.3 Å². The summed E-state index contributed by atoms with van der Waals surface area (Å²) in [5.41, 5.74) is 1.92. The molecule has 1 amide bonds. The molecule has 4 heterocycles. The van der Waals surface area contributed by atoms with Crippen LogP contribution < -0.4 is 0 Å². The summed E-state index contributed by atoms with van der Waals surface area (Å²) >= 11 is 0. The molecule has 0 spiro atoms. The van der Waals surface area contributed by atoms with E-state index in [1.54, 1.807) is 11.0 Å². The lowest BCUT2D eigenvalue weighted by atomic mass is 9.73. The molecule has 15 heteroatoms. The maximum atomic E-state index is 13.7. The first-order chi connectivity index (χ1) is 22.3. The Morgan fingerprint density at radius 2 is 1.57 bits per heavy atom. The normalized spacial score (nSPS) is 31.1. The molecule has 0 saturated carbocycles. The number of esters is 4. The van der Waals surface area contributed by atoms with E-state index in [-0.39, 0.29) is 17.4 Å². The number of carbonyl (C=O) groups is 5. The van der Waals surface area contributed by atoms with Crippen LogP contribution in [0.1, 0.15) is 51.3 Å². The van der Waals surface area contributed by atoms with Crippen LogP contribution in [-0.2, 0) is 63.6 Å². The standard InChI is InChI=1S/C32H37NO14/c1-6-19-21-10-23-20-11-25(39)24(38)9-18(20)7-8-33(23)30(40)22(21)12-42-31(19)47-32-29(45-17(5)37)28(44-16(4)36)27(43-15(3)35)26(46-32)13-41-14(2)34/h6,9,11-12,19,21,23,26-29,31-32,38-39H,1,7-8,10,13H2,2-5H3/t19-,21+,23+,26-,27-,28+,29-,31+,32+/m1/s1. The summed E-state index contributed by atoms with van der Waals surface area (Å²) in [6.45, 7) is 8.42. The Balaban J connectivity index is 1.47. The summed E-state index contributed by atoms with van der Waals surface area (Å²) < 4.78 is 39.8. The van der Waals surface area contributed by atoms with Crippen molar-refractivity contribution in [2.24, 2.45) is 11.8 Å². The molecule has 15 nitrogen and oxygen atoms in total. The van der Waals surface area contributed by atoms with E-state index in [4.69, 9.17) is 33.2 Å². The van der Waals surface area contributed by atoms with Gasteiger partial charge in [0.2, 0.25) is 12.6 Å². The molecule has 2 fully saturated rings. The van der Waals surface area contributed by atoms with Crippen LogP contribution in [0.5, 0.6) is 11.5 Å². The van der Waals surface area contributed by atoms with Gasteiger partial charge in [0.05, 0.1) is 17.9 Å². The van der Waals surface area contributed by atoms with Crippen LogP contribution in [0.2, 0.25) is 0 Å². The fourth-order valence-electron chi connectivity index (χ4n) is 6.67. The third kappa shape index (κ3) is 6.90. The van der Waals surface area contributed by atoms with Gasteiger partial charge < -0.3 is 48.3 Å². The zero-order valence-electron chi connectivity index (χ0n) is 26.3. The first-order valence-corrected chi connectivity index (χ1v) is 15.1. The van der Waals surface area contributed by atoms with Gasteiger partial charge in [-0.25, -0.2) is 0 Å². The van der Waals surface area contributed by atoms with Gasteiger partial charge in [0.1, 0.15) is 12.7 Å². The van der Waals surface area contributed by atoms with E-state index in [0.29, 0.717) is 30.5 Å². The third-order valence-corrected chi connectivity index (χ3v) is 8.57. The molecule has 254 valence electrons. The van der Waals surface area contributed by atoms with E-state index in [2.05, 4.69) is 6.58 Å². The fourth-order valence-corrected chi connectivity index (χ4v) is 6.67. The second-order valence-electron chi connectivity index (χ2n) is 11.7. The zero-order chi connectivity index (χ0) is 34.2.